The first-order valence-corrected chi connectivity index (χ1v) is 14.8. The molecule has 3 rings (SSSR count). The molecule has 10 heteroatoms. The van der Waals surface area contributed by atoms with Crippen LogP contribution in [-0.4, -0.2) is 43.8 Å². The molecule has 0 unspecified atom stereocenters. The fraction of sp³-hybridized carbons (Fsp3) is 0.310. The molecule has 0 bridgehead atoms. The molecule has 0 aliphatic rings. The van der Waals surface area contributed by atoms with Crippen molar-refractivity contribution in [3.63, 3.8) is 0 Å². The van der Waals surface area contributed by atoms with E-state index in [0.717, 1.165) is 16.3 Å². The fourth-order valence-corrected chi connectivity index (χ4v) is 5.63. The molecule has 0 saturated heterocycles. The Morgan fingerprint density at radius 2 is 1.62 bits per heavy atom. The lowest BCUT2D eigenvalue weighted by atomic mass is 10.1. The van der Waals surface area contributed by atoms with Gasteiger partial charge in [-0.2, -0.15) is 0 Å². The maximum absolute atomic E-state index is 13.9. The lowest BCUT2D eigenvalue weighted by Gasteiger charge is -2.32. The number of anilines is 1. The number of halogens is 2. The van der Waals surface area contributed by atoms with E-state index in [2.05, 4.69) is 5.32 Å². The molecule has 2 atom stereocenters. The summed E-state index contributed by atoms with van der Waals surface area (Å²) in [5.74, 6) is -0.895. The van der Waals surface area contributed by atoms with Gasteiger partial charge in [-0.15, -0.1) is 0 Å². The number of carbonyl (C=O) groups is 2. The molecular weight excluding hydrogens is 557 g/mol. The van der Waals surface area contributed by atoms with Crippen LogP contribution in [0.4, 0.5) is 5.69 Å². The Balaban J connectivity index is 2.04. The zero-order chi connectivity index (χ0) is 28.7. The van der Waals surface area contributed by atoms with Crippen molar-refractivity contribution in [2.75, 3.05) is 10.8 Å². The predicted molar refractivity (Wildman–Crippen MR) is 157 cm³/mol. The van der Waals surface area contributed by atoms with Gasteiger partial charge in [0.1, 0.15) is 12.6 Å². The summed E-state index contributed by atoms with van der Waals surface area (Å²) in [6.07, 6.45) is 0.720. The molecule has 0 fully saturated rings. The molecule has 2 amide bonds. The van der Waals surface area contributed by atoms with E-state index in [0.29, 0.717) is 21.3 Å². The van der Waals surface area contributed by atoms with Gasteiger partial charge in [0.25, 0.3) is 10.0 Å². The minimum atomic E-state index is -4.17. The molecule has 0 radical (unpaired) electrons. The number of hydrogen-bond acceptors (Lipinski definition) is 4. The number of nitrogens with one attached hydrogen (secondary N) is 1. The van der Waals surface area contributed by atoms with Gasteiger partial charge in [-0.1, -0.05) is 60.5 Å². The van der Waals surface area contributed by atoms with Crippen LogP contribution < -0.4 is 9.62 Å². The summed E-state index contributed by atoms with van der Waals surface area (Å²) in [4.78, 5) is 28.4. The lowest BCUT2D eigenvalue weighted by Crippen LogP contribution is -2.52. The summed E-state index contributed by atoms with van der Waals surface area (Å²) >= 11 is 12.4. The Bertz CT molecular complexity index is 1410. The first-order valence-electron chi connectivity index (χ1n) is 12.6. The smallest absolute Gasteiger partial charge is 0.264 e. The maximum atomic E-state index is 13.9. The van der Waals surface area contributed by atoms with Crippen LogP contribution in [0.5, 0.6) is 0 Å². The second-order valence-corrected chi connectivity index (χ2v) is 12.1. The summed E-state index contributed by atoms with van der Waals surface area (Å²) in [7, 11) is -4.17. The molecule has 0 aliphatic carbocycles. The van der Waals surface area contributed by atoms with Gasteiger partial charge in [0.2, 0.25) is 11.8 Å². The molecule has 0 saturated carbocycles. The minimum absolute atomic E-state index is 0.0126. The number of aryl methyl sites for hydroxylation is 1. The Kier molecular flexibility index (Phi) is 10.4. The van der Waals surface area contributed by atoms with Gasteiger partial charge < -0.3 is 10.2 Å². The van der Waals surface area contributed by atoms with Gasteiger partial charge in [-0.05, 0) is 80.8 Å². The van der Waals surface area contributed by atoms with Crippen molar-refractivity contribution in [3.05, 3.63) is 94.0 Å². The Labute approximate surface area is 240 Å². The van der Waals surface area contributed by atoms with Gasteiger partial charge in [0.05, 0.1) is 10.6 Å². The zero-order valence-electron chi connectivity index (χ0n) is 22.4. The van der Waals surface area contributed by atoms with Crippen LogP contribution in [0.25, 0.3) is 0 Å². The molecule has 39 heavy (non-hydrogen) atoms. The van der Waals surface area contributed by atoms with Gasteiger partial charge in [0, 0.05) is 22.6 Å². The van der Waals surface area contributed by atoms with Crippen molar-refractivity contribution in [3.8, 4) is 0 Å². The molecule has 208 valence electrons. The summed E-state index contributed by atoms with van der Waals surface area (Å²) in [5.41, 5.74) is 1.79. The SMILES string of the molecule is CC[C@H](C)NC(=O)[C@@H](C)N(Cc1ccccc1Cl)C(=O)CN(c1cccc(C)c1)S(=O)(=O)c1ccc(Cl)cc1. The molecular formula is C29H33Cl2N3O4S. The second-order valence-electron chi connectivity index (χ2n) is 9.41. The van der Waals surface area contributed by atoms with Crippen molar-refractivity contribution in [2.45, 2.75) is 57.6 Å². The van der Waals surface area contributed by atoms with Gasteiger partial charge in [-0.3, -0.25) is 13.9 Å². The average Bonchev–Trinajstić information content (AvgIpc) is 2.90. The monoisotopic (exact) mass is 589 g/mol. The highest BCUT2D eigenvalue weighted by Gasteiger charge is 2.33. The maximum Gasteiger partial charge on any atom is 0.264 e. The summed E-state index contributed by atoms with van der Waals surface area (Å²) in [5, 5.41) is 3.74. The summed E-state index contributed by atoms with van der Waals surface area (Å²) in [6, 6.07) is 18.7. The van der Waals surface area contributed by atoms with E-state index >= 15 is 0 Å². The van der Waals surface area contributed by atoms with Crippen LogP contribution in [0.2, 0.25) is 10.0 Å². The second kappa shape index (κ2) is 13.3. The quantitative estimate of drug-likeness (QED) is 0.305. The van der Waals surface area contributed by atoms with Crippen molar-refractivity contribution in [2.24, 2.45) is 0 Å². The van der Waals surface area contributed by atoms with E-state index < -0.39 is 28.5 Å². The van der Waals surface area contributed by atoms with Gasteiger partial charge in [-0.25, -0.2) is 8.42 Å². The van der Waals surface area contributed by atoms with Crippen LogP contribution in [0, 0.1) is 6.92 Å². The first kappa shape index (κ1) is 30.5. The van der Waals surface area contributed by atoms with E-state index in [9.17, 15) is 18.0 Å². The van der Waals surface area contributed by atoms with Crippen molar-refractivity contribution >= 4 is 50.7 Å². The van der Waals surface area contributed by atoms with Crippen molar-refractivity contribution < 1.29 is 18.0 Å². The van der Waals surface area contributed by atoms with Crippen LogP contribution in [0.1, 0.15) is 38.3 Å². The van der Waals surface area contributed by atoms with E-state index in [1.54, 1.807) is 49.4 Å². The molecule has 7 nitrogen and oxygen atoms in total. The normalized spacial score (nSPS) is 12.9. The number of nitrogens with zero attached hydrogens (tertiary/aromatic N) is 2. The molecule has 0 heterocycles. The topological polar surface area (TPSA) is 86.8 Å². The van der Waals surface area contributed by atoms with Crippen LogP contribution >= 0.6 is 23.2 Å². The fourth-order valence-electron chi connectivity index (χ4n) is 3.90. The molecule has 0 aromatic heterocycles. The third-order valence-electron chi connectivity index (χ3n) is 6.44. The third kappa shape index (κ3) is 7.75. The number of hydrogen-bond donors (Lipinski definition) is 1. The van der Waals surface area contributed by atoms with E-state index in [4.69, 9.17) is 23.2 Å². The van der Waals surface area contributed by atoms with Gasteiger partial charge in [0.15, 0.2) is 0 Å². The van der Waals surface area contributed by atoms with E-state index in [-0.39, 0.29) is 23.4 Å². The summed E-state index contributed by atoms with van der Waals surface area (Å²) < 4.78 is 28.7. The lowest BCUT2D eigenvalue weighted by molar-refractivity contribution is -0.139. The highest BCUT2D eigenvalue weighted by molar-refractivity contribution is 7.92. The molecule has 3 aromatic carbocycles. The highest BCUT2D eigenvalue weighted by Crippen LogP contribution is 2.27. The molecule has 3 aromatic rings. The van der Waals surface area contributed by atoms with E-state index in [1.807, 2.05) is 26.8 Å². The Morgan fingerprint density at radius 1 is 0.949 bits per heavy atom. The number of rotatable bonds is 11. The molecule has 0 spiro atoms. The Hall–Kier alpha value is -3.07. The summed E-state index contributed by atoms with van der Waals surface area (Å²) in [6.45, 7) is 6.78. The zero-order valence-corrected chi connectivity index (χ0v) is 24.7. The predicted octanol–water partition coefficient (Wildman–Crippen LogP) is 5.83. The third-order valence-corrected chi connectivity index (χ3v) is 8.85. The Morgan fingerprint density at radius 3 is 2.23 bits per heavy atom. The van der Waals surface area contributed by atoms with Crippen LogP contribution in [0.15, 0.2) is 77.7 Å². The first-order chi connectivity index (χ1) is 18.4. The minimum Gasteiger partial charge on any atom is -0.352 e. The van der Waals surface area contributed by atoms with Crippen LogP contribution in [0.3, 0.4) is 0 Å². The molecule has 0 aliphatic heterocycles. The van der Waals surface area contributed by atoms with E-state index in [1.165, 1.54) is 29.2 Å². The molecule has 1 N–H and O–H groups in total. The number of benzene rings is 3. The van der Waals surface area contributed by atoms with Gasteiger partial charge >= 0.3 is 0 Å². The van der Waals surface area contributed by atoms with Crippen molar-refractivity contribution in [1.29, 1.82) is 0 Å². The number of amides is 2. The number of carbonyl (C=O) groups excluding carboxylic acids is 2. The standard InChI is InChI=1S/C29H33Cl2N3O4S/c1-5-21(3)32-29(36)22(4)33(18-23-10-6-7-12-27(23)31)28(35)19-34(25-11-8-9-20(2)17-25)39(37,38)26-15-13-24(30)14-16-26/h6-17,21-22H,5,18-19H2,1-4H3,(H,32,36)/t21-,22+/m0/s1. The van der Waals surface area contributed by atoms with Crippen LogP contribution in [-0.2, 0) is 26.2 Å². The van der Waals surface area contributed by atoms with Crippen molar-refractivity contribution in [1.82, 2.24) is 10.2 Å². The highest BCUT2D eigenvalue weighted by atomic mass is 35.5. The average molecular weight is 591 g/mol. The largest absolute Gasteiger partial charge is 0.352 e. The number of sulfonamides is 1.